The predicted octanol–water partition coefficient (Wildman–Crippen LogP) is 3.93. The van der Waals surface area contributed by atoms with E-state index in [9.17, 15) is 4.79 Å². The van der Waals surface area contributed by atoms with Crippen LogP contribution in [0.4, 0.5) is 5.69 Å². The summed E-state index contributed by atoms with van der Waals surface area (Å²) in [7, 11) is 3.18. The first-order valence-electron chi connectivity index (χ1n) is 8.43. The van der Waals surface area contributed by atoms with Crippen molar-refractivity contribution in [3.8, 4) is 22.8 Å². The van der Waals surface area contributed by atoms with Gasteiger partial charge < -0.3 is 14.4 Å². The van der Waals surface area contributed by atoms with Crippen LogP contribution in [0.5, 0.6) is 11.5 Å². The van der Waals surface area contributed by atoms with Crippen molar-refractivity contribution in [2.45, 2.75) is 0 Å². The zero-order chi connectivity index (χ0) is 19.2. The Balaban J connectivity index is 1.93. The largest absolute Gasteiger partial charge is 0.497 e. The van der Waals surface area contributed by atoms with Gasteiger partial charge in [0.25, 0.3) is 5.91 Å². The van der Waals surface area contributed by atoms with Crippen molar-refractivity contribution >= 4 is 11.6 Å². The number of para-hydroxylation sites is 1. The number of methoxy groups -OCH3 is 2. The van der Waals surface area contributed by atoms with E-state index in [1.807, 2.05) is 42.5 Å². The molecule has 1 N–H and O–H groups in total. The quantitative estimate of drug-likeness (QED) is 0.646. The molecule has 1 aromatic heterocycles. The minimum atomic E-state index is -0.188. The molecule has 1 amide bonds. The van der Waals surface area contributed by atoms with Gasteiger partial charge in [0.15, 0.2) is 0 Å². The molecule has 27 heavy (non-hydrogen) atoms. The lowest BCUT2D eigenvalue weighted by Gasteiger charge is -2.20. The molecule has 0 bridgehead atoms. The molecular formula is C21H21N3O3. The molecule has 0 aliphatic carbocycles. The van der Waals surface area contributed by atoms with Crippen LogP contribution < -0.4 is 14.4 Å². The third kappa shape index (κ3) is 3.84. The number of hydrogen-bond donors (Lipinski definition) is 1. The number of benzene rings is 2. The van der Waals surface area contributed by atoms with E-state index in [1.54, 1.807) is 37.3 Å². The SMILES string of the molecule is C=CCN(C(=O)c1cc(-c2ccc(OC)cc2OC)n[nH]1)c1ccccc1. The molecule has 1 heterocycles. The maximum absolute atomic E-state index is 13.0. The lowest BCUT2D eigenvalue weighted by atomic mass is 10.1. The van der Waals surface area contributed by atoms with Gasteiger partial charge in [-0.1, -0.05) is 24.3 Å². The van der Waals surface area contributed by atoms with Gasteiger partial charge in [-0.25, -0.2) is 0 Å². The number of nitrogens with zero attached hydrogens (tertiary/aromatic N) is 2. The average molecular weight is 363 g/mol. The standard InChI is InChI=1S/C21H21N3O3/c1-4-12-24(15-8-6-5-7-9-15)21(25)19-14-18(22-23-19)17-11-10-16(26-2)13-20(17)27-3/h4-11,13-14H,1,12H2,2-3H3,(H,22,23). The van der Waals surface area contributed by atoms with E-state index in [4.69, 9.17) is 9.47 Å². The number of hydrogen-bond acceptors (Lipinski definition) is 4. The van der Waals surface area contributed by atoms with E-state index in [0.717, 1.165) is 11.3 Å². The second-order valence-electron chi connectivity index (χ2n) is 5.77. The number of ether oxygens (including phenoxy) is 2. The Kier molecular flexibility index (Phi) is 5.56. The van der Waals surface area contributed by atoms with Crippen molar-refractivity contribution in [1.82, 2.24) is 10.2 Å². The van der Waals surface area contributed by atoms with Gasteiger partial charge in [-0.15, -0.1) is 6.58 Å². The van der Waals surface area contributed by atoms with Crippen LogP contribution in [0.25, 0.3) is 11.3 Å². The highest BCUT2D eigenvalue weighted by atomic mass is 16.5. The van der Waals surface area contributed by atoms with E-state index in [1.165, 1.54) is 0 Å². The fraction of sp³-hybridized carbons (Fsp3) is 0.143. The van der Waals surface area contributed by atoms with Crippen molar-refractivity contribution in [1.29, 1.82) is 0 Å². The molecule has 0 radical (unpaired) electrons. The highest BCUT2D eigenvalue weighted by Gasteiger charge is 2.20. The molecule has 0 fully saturated rings. The summed E-state index contributed by atoms with van der Waals surface area (Å²) < 4.78 is 10.6. The highest BCUT2D eigenvalue weighted by Crippen LogP contribution is 2.32. The highest BCUT2D eigenvalue weighted by molar-refractivity contribution is 6.05. The zero-order valence-electron chi connectivity index (χ0n) is 15.3. The Hall–Kier alpha value is -3.54. The summed E-state index contributed by atoms with van der Waals surface area (Å²) in [5.74, 6) is 1.11. The first-order valence-corrected chi connectivity index (χ1v) is 8.43. The number of aromatic nitrogens is 2. The van der Waals surface area contributed by atoms with Crippen LogP contribution in [0.1, 0.15) is 10.5 Å². The number of anilines is 1. The second kappa shape index (κ2) is 8.23. The summed E-state index contributed by atoms with van der Waals surface area (Å²) >= 11 is 0. The van der Waals surface area contributed by atoms with Gasteiger partial charge in [0.2, 0.25) is 0 Å². The van der Waals surface area contributed by atoms with E-state index >= 15 is 0 Å². The zero-order valence-corrected chi connectivity index (χ0v) is 15.3. The lowest BCUT2D eigenvalue weighted by Crippen LogP contribution is -2.31. The normalized spacial score (nSPS) is 10.3. The number of rotatable bonds is 7. The van der Waals surface area contributed by atoms with Crippen LogP contribution in [-0.4, -0.2) is 36.9 Å². The molecule has 3 aromatic rings. The van der Waals surface area contributed by atoms with E-state index in [0.29, 0.717) is 29.4 Å². The molecule has 6 nitrogen and oxygen atoms in total. The van der Waals surface area contributed by atoms with Crippen molar-refractivity contribution < 1.29 is 14.3 Å². The Morgan fingerprint density at radius 2 is 1.93 bits per heavy atom. The van der Waals surface area contributed by atoms with Crippen molar-refractivity contribution in [2.24, 2.45) is 0 Å². The molecule has 0 spiro atoms. The van der Waals surface area contributed by atoms with Gasteiger partial charge in [-0.3, -0.25) is 9.89 Å². The van der Waals surface area contributed by atoms with E-state index < -0.39 is 0 Å². The van der Waals surface area contributed by atoms with Crippen molar-refractivity contribution in [2.75, 3.05) is 25.7 Å². The molecule has 0 aliphatic rings. The number of carbonyl (C=O) groups is 1. The monoisotopic (exact) mass is 363 g/mol. The van der Waals surface area contributed by atoms with E-state index in [-0.39, 0.29) is 5.91 Å². The lowest BCUT2D eigenvalue weighted by molar-refractivity contribution is 0.0985. The summed E-state index contributed by atoms with van der Waals surface area (Å²) in [5.41, 5.74) is 2.56. The van der Waals surface area contributed by atoms with Gasteiger partial charge in [-0.2, -0.15) is 5.10 Å². The maximum atomic E-state index is 13.0. The Morgan fingerprint density at radius 3 is 2.59 bits per heavy atom. The average Bonchev–Trinajstić information content (AvgIpc) is 3.21. The van der Waals surface area contributed by atoms with Gasteiger partial charge in [0.1, 0.15) is 17.2 Å². The molecule has 3 rings (SSSR count). The molecule has 138 valence electrons. The smallest absolute Gasteiger partial charge is 0.276 e. The topological polar surface area (TPSA) is 67.5 Å². The Labute approximate surface area is 158 Å². The van der Waals surface area contributed by atoms with Gasteiger partial charge in [0, 0.05) is 23.9 Å². The third-order valence-electron chi connectivity index (χ3n) is 4.12. The van der Waals surface area contributed by atoms with Crippen LogP contribution in [0.2, 0.25) is 0 Å². The molecule has 0 unspecified atom stereocenters. The van der Waals surface area contributed by atoms with Crippen molar-refractivity contribution in [3.63, 3.8) is 0 Å². The Morgan fingerprint density at radius 1 is 1.15 bits per heavy atom. The number of H-pyrrole nitrogens is 1. The van der Waals surface area contributed by atoms with Gasteiger partial charge >= 0.3 is 0 Å². The molecule has 6 heteroatoms. The Bertz CT molecular complexity index is 935. The summed E-state index contributed by atoms with van der Waals surface area (Å²) in [6, 6.07) is 16.6. The predicted molar refractivity (Wildman–Crippen MR) is 105 cm³/mol. The first-order chi connectivity index (χ1) is 13.2. The van der Waals surface area contributed by atoms with Crippen molar-refractivity contribution in [3.05, 3.63) is 72.9 Å². The summed E-state index contributed by atoms with van der Waals surface area (Å²) in [4.78, 5) is 14.6. The second-order valence-corrected chi connectivity index (χ2v) is 5.77. The van der Waals surface area contributed by atoms with E-state index in [2.05, 4.69) is 16.8 Å². The maximum Gasteiger partial charge on any atom is 0.276 e. The van der Waals surface area contributed by atoms with Crippen LogP contribution >= 0.6 is 0 Å². The minimum Gasteiger partial charge on any atom is -0.497 e. The number of carbonyl (C=O) groups excluding carboxylic acids is 1. The molecule has 0 atom stereocenters. The molecule has 2 aromatic carbocycles. The summed E-state index contributed by atoms with van der Waals surface area (Å²) in [5, 5.41) is 7.12. The number of aromatic amines is 1. The van der Waals surface area contributed by atoms with Crippen LogP contribution in [0, 0.1) is 0 Å². The molecule has 0 saturated carbocycles. The van der Waals surface area contributed by atoms with Gasteiger partial charge in [0.05, 0.1) is 19.9 Å². The van der Waals surface area contributed by atoms with Crippen LogP contribution in [0.3, 0.4) is 0 Å². The third-order valence-corrected chi connectivity index (χ3v) is 4.12. The fourth-order valence-electron chi connectivity index (χ4n) is 2.77. The first kappa shape index (κ1) is 18.3. The summed E-state index contributed by atoms with van der Waals surface area (Å²) in [6.07, 6.45) is 1.69. The van der Waals surface area contributed by atoms with Gasteiger partial charge in [-0.05, 0) is 30.3 Å². The minimum absolute atomic E-state index is 0.188. The molecular weight excluding hydrogens is 342 g/mol. The molecule has 0 aliphatic heterocycles. The van der Waals surface area contributed by atoms with Crippen LogP contribution in [0.15, 0.2) is 67.3 Å². The number of amides is 1. The fourth-order valence-corrected chi connectivity index (χ4v) is 2.77. The van der Waals surface area contributed by atoms with Crippen LogP contribution in [-0.2, 0) is 0 Å². The summed E-state index contributed by atoms with van der Waals surface area (Å²) in [6.45, 7) is 4.14. The number of nitrogens with one attached hydrogen (secondary N) is 1. The molecule has 0 saturated heterocycles.